The molecule has 1 fully saturated rings. The third-order valence-corrected chi connectivity index (χ3v) is 16.1. The molecule has 2 aliphatic heterocycles. The SMILES string of the molecule is CCCCCCCCCCCCN1C(=CC=C2CC/C(=C\C=C3\N(CCCCCCCCCCCC)c4ccc(Cl)cc4C3(C)C)C2=[N+](c2ccccc2)c2ccccc2)C(C)(C)c2cc(Cl)ccc21.FB(F)F.[F-]. The van der Waals surface area contributed by atoms with Gasteiger partial charge in [0.05, 0.1) is 0 Å². The van der Waals surface area contributed by atoms with Gasteiger partial charge in [0.2, 0.25) is 17.1 Å². The highest BCUT2D eigenvalue weighted by Crippen LogP contribution is 2.50. The average Bonchev–Trinajstić information content (AvgIpc) is 3.94. The van der Waals surface area contributed by atoms with Crippen molar-refractivity contribution in [3.63, 3.8) is 0 Å². The first-order valence-electron chi connectivity index (χ1n) is 28.5. The number of rotatable bonds is 26. The van der Waals surface area contributed by atoms with Gasteiger partial charge in [0.25, 0.3) is 0 Å². The van der Waals surface area contributed by atoms with Crippen LogP contribution in [-0.4, -0.2) is 26.3 Å². The smallest absolute Gasteiger partial charge is 0.762 e. The maximum atomic E-state index is 9.67. The van der Waals surface area contributed by atoms with Crippen LogP contribution in [0.5, 0.6) is 0 Å². The Balaban J connectivity index is 0.00000201. The maximum Gasteiger partial charge on any atom is 0.762 e. The topological polar surface area (TPSA) is 9.49 Å². The summed E-state index contributed by atoms with van der Waals surface area (Å²) in [6, 6.07) is 35.0. The van der Waals surface area contributed by atoms with Gasteiger partial charge < -0.3 is 14.5 Å². The van der Waals surface area contributed by atoms with E-state index in [4.69, 9.17) is 23.2 Å². The second-order valence-electron chi connectivity index (χ2n) is 21.8. The molecule has 3 nitrogen and oxygen atoms in total. The van der Waals surface area contributed by atoms with E-state index in [0.29, 0.717) is 0 Å². The number of hydrogen-bond donors (Lipinski definition) is 0. The van der Waals surface area contributed by atoms with Gasteiger partial charge in [-0.2, -0.15) is 4.58 Å². The van der Waals surface area contributed by atoms with Crippen LogP contribution < -0.4 is 19.1 Å². The van der Waals surface area contributed by atoms with Crippen LogP contribution in [0, 0.1) is 0 Å². The Labute approximate surface area is 460 Å². The van der Waals surface area contributed by atoms with E-state index in [-0.39, 0.29) is 15.5 Å². The number of benzene rings is 4. The molecular weight excluding hydrogens is 980 g/mol. The van der Waals surface area contributed by atoms with Crippen molar-refractivity contribution >= 4 is 59.2 Å². The molecule has 1 aliphatic carbocycles. The Bertz CT molecular complexity index is 2360. The quantitative estimate of drug-likeness (QED) is 0.0268. The van der Waals surface area contributed by atoms with E-state index in [2.05, 4.69) is 177 Å². The lowest BCUT2D eigenvalue weighted by atomic mass is 9.83. The number of nitrogens with zero attached hydrogens (tertiary/aromatic N) is 3. The monoisotopic (exact) mass is 1070 g/mol. The summed E-state index contributed by atoms with van der Waals surface area (Å²) < 4.78 is 31.5. The minimum absolute atomic E-state index is 0. The van der Waals surface area contributed by atoms with Crippen LogP contribution in [-0.2, 0) is 10.8 Å². The molecule has 0 radical (unpaired) electrons. The summed E-state index contributed by atoms with van der Waals surface area (Å²) in [5.74, 6) is 0. The van der Waals surface area contributed by atoms with E-state index < -0.39 is 7.54 Å². The fourth-order valence-corrected chi connectivity index (χ4v) is 11.9. The van der Waals surface area contributed by atoms with E-state index in [1.165, 1.54) is 191 Å². The zero-order valence-corrected chi connectivity index (χ0v) is 47.7. The third kappa shape index (κ3) is 17.0. The Morgan fingerprint density at radius 3 is 1.13 bits per heavy atom. The second-order valence-corrected chi connectivity index (χ2v) is 22.7. The average molecular weight is 1070 g/mol. The molecule has 0 saturated heterocycles. The molecule has 2 heterocycles. The van der Waals surface area contributed by atoms with Crippen molar-refractivity contribution in [2.75, 3.05) is 22.9 Å². The molecular formula is C65H86BCl2F4N3. The predicted octanol–water partition coefficient (Wildman–Crippen LogP) is 18.0. The van der Waals surface area contributed by atoms with Crippen LogP contribution >= 0.6 is 23.2 Å². The fourth-order valence-electron chi connectivity index (χ4n) is 11.5. The molecule has 1 saturated carbocycles. The molecule has 4 aromatic carbocycles. The van der Waals surface area contributed by atoms with Gasteiger partial charge in [0.15, 0.2) is 0 Å². The molecule has 10 heteroatoms. The van der Waals surface area contributed by atoms with Gasteiger partial charge in [0.1, 0.15) is 0 Å². The van der Waals surface area contributed by atoms with Crippen molar-refractivity contribution in [1.82, 2.24) is 4.58 Å². The minimum atomic E-state index is -3.67. The van der Waals surface area contributed by atoms with Gasteiger partial charge in [-0.25, -0.2) is 0 Å². The molecule has 0 aromatic heterocycles. The van der Waals surface area contributed by atoms with Crippen molar-refractivity contribution in [2.45, 2.75) is 194 Å². The van der Waals surface area contributed by atoms with Crippen molar-refractivity contribution < 1.29 is 17.7 Å². The first-order valence-corrected chi connectivity index (χ1v) is 29.2. The number of para-hydroxylation sites is 2. The summed E-state index contributed by atoms with van der Waals surface area (Å²) in [4.78, 5) is 5.23. The highest BCUT2D eigenvalue weighted by molar-refractivity contribution is 6.33. The van der Waals surface area contributed by atoms with Crippen LogP contribution in [0.25, 0.3) is 0 Å². The lowest BCUT2D eigenvalue weighted by Crippen LogP contribution is -3.00. The summed E-state index contributed by atoms with van der Waals surface area (Å²) in [7, 11) is -3.67. The van der Waals surface area contributed by atoms with E-state index in [1.54, 1.807) is 0 Å². The first kappa shape index (κ1) is 61.3. The normalized spacial score (nSPS) is 17.4. The lowest BCUT2D eigenvalue weighted by Gasteiger charge is -2.27. The highest BCUT2D eigenvalue weighted by atomic mass is 35.5. The van der Waals surface area contributed by atoms with Crippen LogP contribution in [0.4, 0.5) is 35.7 Å². The summed E-state index contributed by atoms with van der Waals surface area (Å²) in [5, 5.41) is 1.61. The predicted molar refractivity (Wildman–Crippen MR) is 317 cm³/mol. The number of hydrogen-bond acceptors (Lipinski definition) is 2. The van der Waals surface area contributed by atoms with Crippen molar-refractivity contribution in [2.24, 2.45) is 0 Å². The van der Waals surface area contributed by atoms with Crippen LogP contribution in [0.2, 0.25) is 10.0 Å². The van der Waals surface area contributed by atoms with Crippen LogP contribution in [0.15, 0.2) is 144 Å². The molecule has 0 atom stereocenters. The number of anilines is 2. The number of fused-ring (bicyclic) bond motifs is 2. The van der Waals surface area contributed by atoms with Crippen molar-refractivity contribution in [3.05, 3.63) is 165 Å². The van der Waals surface area contributed by atoms with Crippen LogP contribution in [0.1, 0.15) is 194 Å². The summed E-state index contributed by atoms with van der Waals surface area (Å²) in [6.07, 6.45) is 38.4. The molecule has 4 aromatic rings. The number of allylic oxidation sites excluding steroid dienone is 8. The van der Waals surface area contributed by atoms with Gasteiger partial charge in [-0.05, 0) is 85.4 Å². The van der Waals surface area contributed by atoms with Gasteiger partial charge in [0, 0.05) is 92.1 Å². The van der Waals surface area contributed by atoms with E-state index >= 15 is 0 Å². The zero-order chi connectivity index (χ0) is 52.9. The van der Waals surface area contributed by atoms with Crippen molar-refractivity contribution in [3.8, 4) is 0 Å². The standard InChI is InChI=1S/C65H86Cl2N3.BF3.FH/c1-7-9-11-13-15-17-19-21-23-31-47-68-59-43-41-53(66)49-57(59)64(3,4)61(68)45-39-51-37-38-52(63(51)70(55-33-27-25-28-34-55)56-35-29-26-30-36-56)40-46-62-65(5,6)58-50-54(67)42-44-60(58)69(62)48-32-24-22-20-18-16-14-12-10-8-2;2-1(3)4;/h25-30,33-36,39-46,49-50H,7-24,31-32,37-38,47-48H2,1-6H3;;1H/q+1;;/p-1. The number of halogens is 6. The summed E-state index contributed by atoms with van der Waals surface area (Å²) in [5.41, 5.74) is 13.9. The molecule has 0 spiro atoms. The minimum Gasteiger partial charge on any atom is -1.00 e. The second kappa shape index (κ2) is 31.0. The van der Waals surface area contributed by atoms with Gasteiger partial charge >= 0.3 is 7.54 Å². The molecule has 0 amide bonds. The Morgan fingerprint density at radius 1 is 0.480 bits per heavy atom. The Morgan fingerprint density at radius 2 is 0.800 bits per heavy atom. The fraction of sp³-hybridized carbons (Fsp3) is 0.492. The number of unbranched alkanes of at least 4 members (excludes halogenated alkanes) is 18. The van der Waals surface area contributed by atoms with E-state index in [0.717, 1.165) is 36.0 Å². The zero-order valence-electron chi connectivity index (χ0n) is 46.2. The summed E-state index contributed by atoms with van der Waals surface area (Å²) in [6.45, 7) is 16.2. The van der Waals surface area contributed by atoms with Crippen molar-refractivity contribution in [1.29, 1.82) is 0 Å². The summed E-state index contributed by atoms with van der Waals surface area (Å²) >= 11 is 13.5. The Kier molecular flexibility index (Phi) is 25.4. The van der Waals surface area contributed by atoms with E-state index in [1.807, 2.05) is 0 Å². The largest absolute Gasteiger partial charge is 1.00 e. The molecule has 75 heavy (non-hydrogen) atoms. The molecule has 0 N–H and O–H groups in total. The molecule has 406 valence electrons. The van der Waals surface area contributed by atoms with Gasteiger partial charge in [-0.1, -0.05) is 229 Å². The highest BCUT2D eigenvalue weighted by Gasteiger charge is 2.42. The maximum absolute atomic E-state index is 9.67. The molecule has 7 rings (SSSR count). The molecule has 0 unspecified atom stereocenters. The van der Waals surface area contributed by atoms with Gasteiger partial charge in [-0.15, -0.1) is 0 Å². The third-order valence-electron chi connectivity index (χ3n) is 15.6. The van der Waals surface area contributed by atoms with Crippen LogP contribution in [0.3, 0.4) is 0 Å². The lowest BCUT2D eigenvalue weighted by molar-refractivity contribution is -0.0000180. The Hall–Kier alpha value is -4.53. The molecule has 3 aliphatic rings. The first-order chi connectivity index (χ1) is 35.8. The van der Waals surface area contributed by atoms with E-state index in [9.17, 15) is 12.9 Å². The van der Waals surface area contributed by atoms with Gasteiger partial charge in [-0.3, -0.25) is 12.9 Å². The molecule has 0 bridgehead atoms.